The molecular formula is C18H18BrN3O2. The van der Waals surface area contributed by atoms with Gasteiger partial charge in [0.1, 0.15) is 17.1 Å². The van der Waals surface area contributed by atoms with Gasteiger partial charge in [0.25, 0.3) is 5.91 Å². The average molecular weight is 388 g/mol. The minimum atomic E-state index is -0.137. The van der Waals surface area contributed by atoms with Gasteiger partial charge in [0.2, 0.25) is 0 Å². The zero-order valence-corrected chi connectivity index (χ0v) is 15.3. The number of nitrogens with zero attached hydrogens (tertiary/aromatic N) is 3. The number of carbonyl (C=O) groups excluding carboxylic acids is 1. The Morgan fingerprint density at radius 1 is 1.33 bits per heavy atom. The number of phenolic OH excluding ortho intramolecular Hbond substituents is 1. The predicted octanol–water partition coefficient (Wildman–Crippen LogP) is 3.95. The summed E-state index contributed by atoms with van der Waals surface area (Å²) in [5.74, 6) is 0.0331. The van der Waals surface area contributed by atoms with Crippen LogP contribution in [0.3, 0.4) is 0 Å². The van der Waals surface area contributed by atoms with E-state index >= 15 is 0 Å². The van der Waals surface area contributed by atoms with Crippen molar-refractivity contribution in [3.05, 3.63) is 58.0 Å². The van der Waals surface area contributed by atoms with Crippen LogP contribution in [0.25, 0.3) is 5.65 Å². The number of aromatic nitrogens is 2. The third-order valence-electron chi connectivity index (χ3n) is 4.02. The summed E-state index contributed by atoms with van der Waals surface area (Å²) in [6.07, 6.45) is 2.54. The summed E-state index contributed by atoms with van der Waals surface area (Å²) < 4.78 is 2.74. The molecule has 0 saturated heterocycles. The SMILES string of the molecule is CCc1nc2c(C)cc(Br)cn2c1C(=O)N(C)c1ccc(O)cc1. The molecule has 0 saturated carbocycles. The largest absolute Gasteiger partial charge is 0.508 e. The molecule has 1 aromatic carbocycles. The van der Waals surface area contributed by atoms with E-state index in [0.717, 1.165) is 21.4 Å². The molecule has 0 radical (unpaired) electrons. The molecule has 2 aromatic heterocycles. The first-order valence-electron chi connectivity index (χ1n) is 7.66. The molecule has 3 aromatic rings. The van der Waals surface area contributed by atoms with E-state index in [2.05, 4.69) is 20.9 Å². The normalized spacial score (nSPS) is 11.0. The zero-order chi connectivity index (χ0) is 17.4. The Hall–Kier alpha value is -2.34. The van der Waals surface area contributed by atoms with E-state index in [1.54, 1.807) is 36.2 Å². The zero-order valence-electron chi connectivity index (χ0n) is 13.7. The van der Waals surface area contributed by atoms with Crippen molar-refractivity contribution in [2.24, 2.45) is 0 Å². The van der Waals surface area contributed by atoms with E-state index in [-0.39, 0.29) is 11.7 Å². The van der Waals surface area contributed by atoms with Gasteiger partial charge in [-0.25, -0.2) is 4.98 Å². The molecule has 1 N–H and O–H groups in total. The third-order valence-corrected chi connectivity index (χ3v) is 4.46. The fraction of sp³-hybridized carbons (Fsp3) is 0.222. The topological polar surface area (TPSA) is 57.8 Å². The molecule has 5 nitrogen and oxygen atoms in total. The molecule has 0 aliphatic heterocycles. The van der Waals surface area contributed by atoms with Crippen molar-refractivity contribution in [2.75, 3.05) is 11.9 Å². The Morgan fingerprint density at radius 3 is 2.62 bits per heavy atom. The van der Waals surface area contributed by atoms with Crippen LogP contribution in [0, 0.1) is 6.92 Å². The number of fused-ring (bicyclic) bond motifs is 1. The van der Waals surface area contributed by atoms with Crippen LogP contribution in [0.5, 0.6) is 5.75 Å². The lowest BCUT2D eigenvalue weighted by Gasteiger charge is -2.18. The van der Waals surface area contributed by atoms with Gasteiger partial charge in [-0.15, -0.1) is 0 Å². The standard InChI is InChI=1S/C18H18BrN3O2/c1-4-15-16(22-10-12(19)9-11(2)17(22)20-15)18(24)21(3)13-5-7-14(23)8-6-13/h5-10,23H,4H2,1-3H3. The minimum absolute atomic E-state index is 0.137. The lowest BCUT2D eigenvalue weighted by Crippen LogP contribution is -2.28. The fourth-order valence-corrected chi connectivity index (χ4v) is 3.29. The maximum atomic E-state index is 13.1. The molecule has 0 unspecified atom stereocenters. The van der Waals surface area contributed by atoms with Crippen LogP contribution in [-0.4, -0.2) is 27.4 Å². The van der Waals surface area contributed by atoms with Gasteiger partial charge in [-0.3, -0.25) is 9.20 Å². The summed E-state index contributed by atoms with van der Waals surface area (Å²) in [6.45, 7) is 3.97. The molecule has 24 heavy (non-hydrogen) atoms. The lowest BCUT2D eigenvalue weighted by atomic mass is 10.2. The number of amides is 1. The molecule has 0 spiro atoms. The first-order valence-corrected chi connectivity index (χ1v) is 8.45. The first-order chi connectivity index (χ1) is 11.4. The number of aryl methyl sites for hydroxylation is 2. The summed E-state index contributed by atoms with van der Waals surface area (Å²) in [7, 11) is 1.72. The number of pyridine rings is 1. The maximum Gasteiger partial charge on any atom is 0.276 e. The number of hydrogen-bond donors (Lipinski definition) is 1. The van der Waals surface area contributed by atoms with Crippen molar-refractivity contribution in [1.29, 1.82) is 0 Å². The molecule has 3 rings (SSSR count). The van der Waals surface area contributed by atoms with E-state index < -0.39 is 0 Å². The van der Waals surface area contributed by atoms with Crippen LogP contribution >= 0.6 is 15.9 Å². The first kappa shape index (κ1) is 16.5. The van der Waals surface area contributed by atoms with Gasteiger partial charge in [-0.05, 0) is 65.2 Å². The van der Waals surface area contributed by atoms with Crippen molar-refractivity contribution in [3.8, 4) is 5.75 Å². The highest BCUT2D eigenvalue weighted by atomic mass is 79.9. The van der Waals surface area contributed by atoms with Gasteiger partial charge in [-0.1, -0.05) is 6.92 Å². The molecule has 0 bridgehead atoms. The lowest BCUT2D eigenvalue weighted by molar-refractivity contribution is 0.0986. The predicted molar refractivity (Wildman–Crippen MR) is 97.8 cm³/mol. The Balaban J connectivity index is 2.13. The second kappa shape index (κ2) is 6.28. The van der Waals surface area contributed by atoms with Gasteiger partial charge < -0.3 is 10.0 Å². The van der Waals surface area contributed by atoms with Crippen molar-refractivity contribution in [3.63, 3.8) is 0 Å². The molecule has 0 aliphatic carbocycles. The smallest absolute Gasteiger partial charge is 0.276 e. The maximum absolute atomic E-state index is 13.1. The number of hydrogen-bond acceptors (Lipinski definition) is 3. The molecule has 2 heterocycles. The monoisotopic (exact) mass is 387 g/mol. The van der Waals surface area contributed by atoms with E-state index in [9.17, 15) is 9.90 Å². The van der Waals surface area contributed by atoms with Crippen LogP contribution in [0.4, 0.5) is 5.69 Å². The molecule has 0 fully saturated rings. The summed E-state index contributed by atoms with van der Waals surface area (Å²) in [6, 6.07) is 8.54. The van der Waals surface area contributed by atoms with E-state index in [1.165, 1.54) is 0 Å². The van der Waals surface area contributed by atoms with Gasteiger partial charge in [0, 0.05) is 23.4 Å². The van der Waals surface area contributed by atoms with Crippen LogP contribution < -0.4 is 4.90 Å². The summed E-state index contributed by atoms with van der Waals surface area (Å²) in [5.41, 5.74) is 3.84. The number of aromatic hydroxyl groups is 1. The van der Waals surface area contributed by atoms with Crippen LogP contribution in [0.15, 0.2) is 41.0 Å². The minimum Gasteiger partial charge on any atom is -0.508 e. The average Bonchev–Trinajstić information content (AvgIpc) is 2.93. The van der Waals surface area contributed by atoms with E-state index in [4.69, 9.17) is 0 Å². The molecular weight excluding hydrogens is 370 g/mol. The highest BCUT2D eigenvalue weighted by Gasteiger charge is 2.23. The quantitative estimate of drug-likeness (QED) is 0.739. The molecule has 6 heteroatoms. The number of phenols is 1. The number of imidazole rings is 1. The summed E-state index contributed by atoms with van der Waals surface area (Å²) >= 11 is 3.49. The third kappa shape index (κ3) is 2.78. The van der Waals surface area contributed by atoms with E-state index in [0.29, 0.717) is 17.8 Å². The molecule has 0 aliphatic rings. The fourth-order valence-electron chi connectivity index (χ4n) is 2.74. The van der Waals surface area contributed by atoms with Gasteiger partial charge >= 0.3 is 0 Å². The Morgan fingerprint density at radius 2 is 2.00 bits per heavy atom. The highest BCUT2D eigenvalue weighted by molar-refractivity contribution is 9.10. The Labute approximate surface area is 148 Å². The van der Waals surface area contributed by atoms with Crippen LogP contribution in [0.2, 0.25) is 0 Å². The van der Waals surface area contributed by atoms with E-state index in [1.807, 2.05) is 30.5 Å². The van der Waals surface area contributed by atoms with Crippen molar-refractivity contribution in [2.45, 2.75) is 20.3 Å². The number of halogens is 1. The van der Waals surface area contributed by atoms with Gasteiger partial charge in [0.15, 0.2) is 0 Å². The number of carbonyl (C=O) groups is 1. The summed E-state index contributed by atoms with van der Waals surface area (Å²) in [4.78, 5) is 19.3. The molecule has 1 amide bonds. The van der Waals surface area contributed by atoms with Crippen molar-refractivity contribution in [1.82, 2.24) is 9.38 Å². The number of anilines is 1. The Bertz CT molecular complexity index is 916. The molecule has 0 atom stereocenters. The van der Waals surface area contributed by atoms with Crippen molar-refractivity contribution >= 4 is 33.2 Å². The van der Waals surface area contributed by atoms with Gasteiger partial charge in [0.05, 0.1) is 5.69 Å². The Kier molecular flexibility index (Phi) is 4.32. The number of benzene rings is 1. The second-order valence-electron chi connectivity index (χ2n) is 5.68. The van der Waals surface area contributed by atoms with Gasteiger partial charge in [-0.2, -0.15) is 0 Å². The van der Waals surface area contributed by atoms with Crippen LogP contribution in [-0.2, 0) is 6.42 Å². The molecule has 124 valence electrons. The highest BCUT2D eigenvalue weighted by Crippen LogP contribution is 2.24. The van der Waals surface area contributed by atoms with Crippen LogP contribution in [0.1, 0.15) is 28.7 Å². The summed E-state index contributed by atoms with van der Waals surface area (Å²) in [5, 5.41) is 9.42. The van der Waals surface area contributed by atoms with Crippen molar-refractivity contribution < 1.29 is 9.90 Å². The second-order valence-corrected chi connectivity index (χ2v) is 6.59. The number of rotatable bonds is 3.